The molecule has 0 aliphatic heterocycles. The van der Waals surface area contributed by atoms with Crippen molar-refractivity contribution in [3.05, 3.63) is 29.8 Å². The van der Waals surface area contributed by atoms with Crippen molar-refractivity contribution in [2.45, 2.75) is 25.4 Å². The Labute approximate surface area is 120 Å². The molecule has 0 heterocycles. The van der Waals surface area contributed by atoms with Gasteiger partial charge in [0.15, 0.2) is 6.61 Å². The standard InChI is InChI=1S/C14H15F3N2O2/c15-14(16,17)7-3-4-8-19-13(20)10-21-12-6-2-1-5-11(12)9-18/h1-2,5-6H,3-4,7-8,10H2,(H,19,20). The van der Waals surface area contributed by atoms with Crippen LogP contribution in [0.3, 0.4) is 0 Å². The van der Waals surface area contributed by atoms with Gasteiger partial charge in [0, 0.05) is 13.0 Å². The number of alkyl halides is 3. The third-order valence-corrected chi connectivity index (χ3v) is 2.58. The van der Waals surface area contributed by atoms with Gasteiger partial charge < -0.3 is 10.1 Å². The molecule has 0 bridgehead atoms. The number of amides is 1. The van der Waals surface area contributed by atoms with Gasteiger partial charge in [-0.3, -0.25) is 4.79 Å². The molecule has 4 nitrogen and oxygen atoms in total. The van der Waals surface area contributed by atoms with E-state index in [1.807, 2.05) is 6.07 Å². The summed E-state index contributed by atoms with van der Waals surface area (Å²) >= 11 is 0. The van der Waals surface area contributed by atoms with Gasteiger partial charge in [-0.05, 0) is 25.0 Å². The molecule has 0 aromatic heterocycles. The number of nitrogens with zero attached hydrogens (tertiary/aromatic N) is 1. The van der Waals surface area contributed by atoms with Crippen molar-refractivity contribution in [1.82, 2.24) is 5.32 Å². The predicted molar refractivity (Wildman–Crippen MR) is 69.6 cm³/mol. The monoisotopic (exact) mass is 300 g/mol. The molecule has 0 aliphatic rings. The molecule has 0 radical (unpaired) electrons. The van der Waals surface area contributed by atoms with Crippen molar-refractivity contribution in [3.8, 4) is 11.8 Å². The Balaban J connectivity index is 2.21. The molecule has 1 rings (SSSR count). The summed E-state index contributed by atoms with van der Waals surface area (Å²) in [6.45, 7) is -0.115. The summed E-state index contributed by atoms with van der Waals surface area (Å²) in [5, 5.41) is 11.3. The van der Waals surface area contributed by atoms with E-state index in [0.29, 0.717) is 11.3 Å². The predicted octanol–water partition coefficient (Wildman–Crippen LogP) is 2.79. The molecule has 0 unspecified atom stereocenters. The molecule has 0 fully saturated rings. The molecule has 0 atom stereocenters. The minimum Gasteiger partial charge on any atom is -0.482 e. The highest BCUT2D eigenvalue weighted by molar-refractivity contribution is 5.77. The van der Waals surface area contributed by atoms with Gasteiger partial charge in [-0.1, -0.05) is 12.1 Å². The van der Waals surface area contributed by atoms with Gasteiger partial charge in [0.25, 0.3) is 5.91 Å². The van der Waals surface area contributed by atoms with Crippen molar-refractivity contribution >= 4 is 5.91 Å². The van der Waals surface area contributed by atoms with Crippen LogP contribution in [0.4, 0.5) is 13.2 Å². The number of para-hydroxylation sites is 1. The van der Waals surface area contributed by atoms with Gasteiger partial charge in [-0.15, -0.1) is 0 Å². The molecule has 1 aromatic rings. The van der Waals surface area contributed by atoms with Crippen LogP contribution in [0.2, 0.25) is 0 Å². The van der Waals surface area contributed by atoms with Crippen molar-refractivity contribution in [3.63, 3.8) is 0 Å². The minimum absolute atomic E-state index is 0.0259. The first-order valence-corrected chi connectivity index (χ1v) is 6.38. The van der Waals surface area contributed by atoms with Gasteiger partial charge in [0.1, 0.15) is 11.8 Å². The Morgan fingerprint density at radius 2 is 2.00 bits per heavy atom. The minimum atomic E-state index is -4.16. The van der Waals surface area contributed by atoms with Crippen LogP contribution in [0.5, 0.6) is 5.75 Å². The van der Waals surface area contributed by atoms with Crippen LogP contribution in [0.15, 0.2) is 24.3 Å². The van der Waals surface area contributed by atoms with Gasteiger partial charge in [0.05, 0.1) is 5.56 Å². The van der Waals surface area contributed by atoms with Crippen molar-refractivity contribution in [1.29, 1.82) is 5.26 Å². The lowest BCUT2D eigenvalue weighted by Crippen LogP contribution is -2.29. The number of nitriles is 1. The van der Waals surface area contributed by atoms with Gasteiger partial charge >= 0.3 is 6.18 Å². The number of unbranched alkanes of at least 4 members (excludes halogenated alkanes) is 1. The summed E-state index contributed by atoms with van der Waals surface area (Å²) in [5.41, 5.74) is 0.315. The van der Waals surface area contributed by atoms with E-state index in [4.69, 9.17) is 10.00 Å². The maximum Gasteiger partial charge on any atom is 0.389 e. The smallest absolute Gasteiger partial charge is 0.389 e. The number of rotatable bonds is 7. The van der Waals surface area contributed by atoms with E-state index in [2.05, 4.69) is 5.32 Å². The van der Waals surface area contributed by atoms with Crippen LogP contribution < -0.4 is 10.1 Å². The number of ether oxygens (including phenoxy) is 1. The van der Waals surface area contributed by atoms with Gasteiger partial charge in [-0.25, -0.2) is 0 Å². The van der Waals surface area contributed by atoms with Crippen molar-refractivity contribution in [2.75, 3.05) is 13.2 Å². The molecule has 0 saturated heterocycles. The normalized spacial score (nSPS) is 10.8. The largest absolute Gasteiger partial charge is 0.482 e. The molecular formula is C14H15F3N2O2. The average Bonchev–Trinajstić information content (AvgIpc) is 2.43. The zero-order valence-corrected chi connectivity index (χ0v) is 11.2. The molecule has 1 aromatic carbocycles. The zero-order valence-electron chi connectivity index (χ0n) is 11.2. The van der Waals surface area contributed by atoms with E-state index in [-0.39, 0.29) is 26.0 Å². The maximum absolute atomic E-state index is 11.9. The Morgan fingerprint density at radius 1 is 1.29 bits per heavy atom. The second-order valence-electron chi connectivity index (χ2n) is 4.32. The third kappa shape index (κ3) is 7.20. The maximum atomic E-state index is 11.9. The highest BCUT2D eigenvalue weighted by Crippen LogP contribution is 2.21. The molecule has 0 aliphatic carbocycles. The molecule has 21 heavy (non-hydrogen) atoms. The second-order valence-corrected chi connectivity index (χ2v) is 4.32. The van der Waals surface area contributed by atoms with Crippen LogP contribution in [-0.2, 0) is 4.79 Å². The lowest BCUT2D eigenvalue weighted by molar-refractivity contribution is -0.135. The van der Waals surface area contributed by atoms with Crippen LogP contribution in [0.25, 0.3) is 0 Å². The molecule has 1 N–H and O–H groups in total. The summed E-state index contributed by atoms with van der Waals surface area (Å²) < 4.78 is 40.8. The quantitative estimate of drug-likeness (QED) is 0.788. The van der Waals surface area contributed by atoms with Crippen molar-refractivity contribution in [2.24, 2.45) is 0 Å². The Kier molecular flexibility index (Phi) is 6.53. The van der Waals surface area contributed by atoms with Crippen LogP contribution in [-0.4, -0.2) is 25.2 Å². The summed E-state index contributed by atoms with van der Waals surface area (Å²) in [5.74, 6) is -0.137. The summed E-state index contributed by atoms with van der Waals surface area (Å²) in [4.78, 5) is 11.4. The SMILES string of the molecule is N#Cc1ccccc1OCC(=O)NCCCCC(F)(F)F. The number of hydrogen-bond acceptors (Lipinski definition) is 3. The number of carbonyl (C=O) groups excluding carboxylic acids is 1. The van der Waals surface area contributed by atoms with E-state index >= 15 is 0 Å². The highest BCUT2D eigenvalue weighted by atomic mass is 19.4. The van der Waals surface area contributed by atoms with E-state index in [0.717, 1.165) is 0 Å². The average molecular weight is 300 g/mol. The lowest BCUT2D eigenvalue weighted by atomic mass is 10.2. The molecule has 0 spiro atoms. The zero-order chi connectivity index (χ0) is 15.7. The summed E-state index contributed by atoms with van der Waals surface area (Å²) in [7, 11) is 0. The molecular weight excluding hydrogens is 285 g/mol. The second kappa shape index (κ2) is 8.15. The fraction of sp³-hybridized carbons (Fsp3) is 0.429. The number of hydrogen-bond donors (Lipinski definition) is 1. The molecule has 7 heteroatoms. The third-order valence-electron chi connectivity index (χ3n) is 2.58. The first kappa shape index (κ1) is 16.8. The van der Waals surface area contributed by atoms with E-state index in [9.17, 15) is 18.0 Å². The van der Waals surface area contributed by atoms with Crippen LogP contribution in [0.1, 0.15) is 24.8 Å². The molecule has 1 amide bonds. The fourth-order valence-electron chi connectivity index (χ4n) is 1.56. The summed E-state index contributed by atoms with van der Waals surface area (Å²) in [6.07, 6.45) is -4.79. The van der Waals surface area contributed by atoms with E-state index < -0.39 is 18.5 Å². The lowest BCUT2D eigenvalue weighted by Gasteiger charge is -2.09. The van der Waals surface area contributed by atoms with Gasteiger partial charge in [0.2, 0.25) is 0 Å². The van der Waals surface area contributed by atoms with E-state index in [1.54, 1.807) is 24.3 Å². The Morgan fingerprint density at radius 3 is 2.67 bits per heavy atom. The van der Waals surface area contributed by atoms with Crippen LogP contribution in [0, 0.1) is 11.3 Å². The fourth-order valence-corrected chi connectivity index (χ4v) is 1.56. The number of halogens is 3. The number of benzene rings is 1. The van der Waals surface area contributed by atoms with Crippen LogP contribution >= 0.6 is 0 Å². The summed E-state index contributed by atoms with van der Waals surface area (Å²) in [6, 6.07) is 8.40. The van der Waals surface area contributed by atoms with Gasteiger partial charge in [-0.2, -0.15) is 18.4 Å². The first-order valence-electron chi connectivity index (χ1n) is 6.38. The Bertz CT molecular complexity index is 510. The topological polar surface area (TPSA) is 62.1 Å². The Hall–Kier alpha value is -2.23. The number of carbonyl (C=O) groups is 1. The molecule has 114 valence electrons. The highest BCUT2D eigenvalue weighted by Gasteiger charge is 2.25. The number of nitrogens with one attached hydrogen (secondary N) is 1. The molecule has 0 saturated carbocycles. The van der Waals surface area contributed by atoms with E-state index in [1.165, 1.54) is 0 Å². The first-order chi connectivity index (χ1) is 9.92. The van der Waals surface area contributed by atoms with Crippen molar-refractivity contribution < 1.29 is 22.7 Å².